The Morgan fingerprint density at radius 1 is 0.389 bits per heavy atom. The van der Waals surface area contributed by atoms with Gasteiger partial charge in [0.25, 0.3) is 0 Å². The Balaban J connectivity index is 0.00000283. The van der Waals surface area contributed by atoms with Crippen LogP contribution in [0.5, 0.6) is 0 Å². The maximum atomic E-state index is 12.4. The molecule has 1 heterocycles. The van der Waals surface area contributed by atoms with Gasteiger partial charge in [0.2, 0.25) is 11.4 Å². The molecule has 3 rings (SSSR count). The summed E-state index contributed by atoms with van der Waals surface area (Å²) in [5.41, 5.74) is 25.5. The molecule has 0 unspecified atom stereocenters. The number of unbranched alkanes of at least 4 members (excludes halogenated alkanes) is 11. The van der Waals surface area contributed by atoms with Crippen LogP contribution in [0.4, 0.5) is 0 Å². The summed E-state index contributed by atoms with van der Waals surface area (Å²) < 4.78 is 1.65. The molecule has 1 aliphatic rings. The number of hydrogen-bond acceptors (Lipinski definition) is 0. The molecule has 0 amide bonds. The molecule has 0 saturated carbocycles. The zero-order chi connectivity index (χ0) is 39.3. The van der Waals surface area contributed by atoms with E-state index < -0.39 is 0 Å². The number of allylic oxidation sites excluding steroid dienone is 2. The summed E-state index contributed by atoms with van der Waals surface area (Å²) >= 11 is 0. The van der Waals surface area contributed by atoms with E-state index in [2.05, 4.69) is 106 Å². The van der Waals surface area contributed by atoms with E-state index in [1.807, 2.05) is 0 Å². The van der Waals surface area contributed by atoms with Gasteiger partial charge in [0.1, 0.15) is 0 Å². The minimum atomic E-state index is 0. The third-order valence-electron chi connectivity index (χ3n) is 10.3. The van der Waals surface area contributed by atoms with Gasteiger partial charge in [-0.3, -0.25) is 0 Å². The summed E-state index contributed by atoms with van der Waals surface area (Å²) in [5.74, 6) is 0. The van der Waals surface area contributed by atoms with Crippen LogP contribution in [0, 0.1) is 13.8 Å². The molecular weight excluding hydrogens is 699 g/mol. The fourth-order valence-electron chi connectivity index (χ4n) is 6.99. The van der Waals surface area contributed by atoms with Crippen LogP contribution < -0.4 is 0 Å². The molecule has 0 saturated heterocycles. The first-order valence-corrected chi connectivity index (χ1v) is 22.6. The van der Waals surface area contributed by atoms with Crippen LogP contribution in [0.2, 0.25) is 0 Å². The van der Waals surface area contributed by atoms with Crippen molar-refractivity contribution in [3.63, 3.8) is 0 Å². The second-order valence-corrected chi connectivity index (χ2v) is 15.4. The van der Waals surface area contributed by atoms with E-state index in [-0.39, 0.29) is 16.5 Å². The standard InChI is InChI=1S/C43H66N2.2C4H9.Ni/c1-7-13-19-24-36-28-34(22-16-10-4)30-38(32-36)42-40(26-18-12-6)41(27-21-15-9-3)43(45(42)44)39-31-35(23-17-11-5)29-37(33-39)25-20-14-8-2;2*1-3-4-2;/h28-33H,7-27H2,1-6H3;2*1,3-4H2,2H3;/q;2*-1;+2. The molecule has 0 atom stereocenters. The third-order valence-corrected chi connectivity index (χ3v) is 10.3. The average Bonchev–Trinajstić information content (AvgIpc) is 3.45. The Morgan fingerprint density at radius 3 is 0.944 bits per heavy atom. The smallest absolute Gasteiger partial charge is 0.493 e. The fraction of sp³-hybridized carbons (Fsp3) is 0.647. The Morgan fingerprint density at radius 2 is 0.648 bits per heavy atom. The number of hydrogen-bond donors (Lipinski definition) is 0. The van der Waals surface area contributed by atoms with Crippen molar-refractivity contribution in [1.82, 2.24) is 0 Å². The van der Waals surface area contributed by atoms with Crippen molar-refractivity contribution >= 4 is 11.4 Å². The van der Waals surface area contributed by atoms with Crippen LogP contribution in [0.3, 0.4) is 0 Å². The Bertz CT molecular complexity index is 1330. The van der Waals surface area contributed by atoms with Gasteiger partial charge in [-0.05, 0) is 124 Å². The first-order valence-electron chi connectivity index (χ1n) is 22.6. The van der Waals surface area contributed by atoms with Crippen molar-refractivity contribution in [1.29, 1.82) is 0 Å². The van der Waals surface area contributed by atoms with Crippen LogP contribution in [-0.4, -0.2) is 4.70 Å². The number of nitrogens with zero attached hydrogens (tertiary/aromatic N) is 2. The molecule has 2 aromatic rings. The van der Waals surface area contributed by atoms with E-state index in [1.54, 1.807) is 4.70 Å². The minimum Gasteiger partial charge on any atom is -0.493 e. The summed E-state index contributed by atoms with van der Waals surface area (Å²) in [4.78, 5) is 0. The van der Waals surface area contributed by atoms with Crippen LogP contribution >= 0.6 is 0 Å². The van der Waals surface area contributed by atoms with Gasteiger partial charge >= 0.3 is 16.5 Å². The van der Waals surface area contributed by atoms with E-state index in [9.17, 15) is 5.53 Å². The third kappa shape index (κ3) is 19.2. The molecule has 0 bridgehead atoms. The van der Waals surface area contributed by atoms with Gasteiger partial charge in [-0.25, -0.2) is 4.70 Å². The molecule has 1 aliphatic heterocycles. The van der Waals surface area contributed by atoms with E-state index in [0.717, 1.165) is 75.6 Å². The average molecular weight is 784 g/mol. The zero-order valence-electron chi connectivity index (χ0n) is 36.8. The summed E-state index contributed by atoms with van der Waals surface area (Å²) in [6.45, 7) is 25.2. The van der Waals surface area contributed by atoms with Crippen molar-refractivity contribution in [3.8, 4) is 0 Å². The van der Waals surface area contributed by atoms with E-state index in [0.29, 0.717) is 0 Å². The van der Waals surface area contributed by atoms with Crippen molar-refractivity contribution in [3.05, 3.63) is 100 Å². The van der Waals surface area contributed by atoms with Crippen LogP contribution in [0.15, 0.2) is 47.5 Å². The van der Waals surface area contributed by atoms with E-state index in [1.165, 1.54) is 141 Å². The van der Waals surface area contributed by atoms with Gasteiger partial charge in [0, 0.05) is 22.3 Å². The van der Waals surface area contributed by atoms with Crippen LogP contribution in [0.25, 0.3) is 16.9 Å². The van der Waals surface area contributed by atoms with Gasteiger partial charge in [-0.1, -0.05) is 138 Å². The van der Waals surface area contributed by atoms with Crippen molar-refractivity contribution in [2.45, 2.75) is 216 Å². The van der Waals surface area contributed by atoms with Gasteiger partial charge in [-0.15, -0.1) is 0 Å². The monoisotopic (exact) mass is 783 g/mol. The fourth-order valence-corrected chi connectivity index (χ4v) is 6.99. The van der Waals surface area contributed by atoms with E-state index in [4.69, 9.17) is 0 Å². The van der Waals surface area contributed by atoms with Gasteiger partial charge in [-0.2, -0.15) is 12.8 Å². The Hall–Kier alpha value is -1.99. The summed E-state index contributed by atoms with van der Waals surface area (Å²) in [5, 5.41) is 0. The first-order chi connectivity index (χ1) is 25.8. The summed E-state index contributed by atoms with van der Waals surface area (Å²) in [7, 11) is 0. The number of aryl methyl sites for hydroxylation is 4. The largest absolute Gasteiger partial charge is 2.00 e. The topological polar surface area (TPSA) is 25.3 Å². The van der Waals surface area contributed by atoms with Gasteiger partial charge in [0.15, 0.2) is 0 Å². The first kappa shape index (κ1) is 52.0. The maximum absolute atomic E-state index is 12.4. The van der Waals surface area contributed by atoms with Gasteiger partial charge in [0.05, 0.1) is 0 Å². The Labute approximate surface area is 347 Å². The van der Waals surface area contributed by atoms with Crippen molar-refractivity contribution < 1.29 is 21.2 Å². The predicted molar refractivity (Wildman–Crippen MR) is 238 cm³/mol. The second-order valence-electron chi connectivity index (χ2n) is 15.4. The second kappa shape index (κ2) is 33.2. The molecule has 3 heteroatoms. The molecular formula is C51H84N2Ni. The molecule has 0 spiro atoms. The zero-order valence-corrected chi connectivity index (χ0v) is 37.8. The summed E-state index contributed by atoms with van der Waals surface area (Å²) in [6, 6.07) is 14.5. The molecule has 0 aliphatic carbocycles. The number of rotatable bonds is 25. The normalized spacial score (nSPS) is 12.4. The SMILES string of the molecule is CCCCCC1=C(c2cc(CCCC)cc(CCCCC)c2)[N+](=[N-])C(c2cc(CCCC)cc(CCCCC)c2)=C1CCCC.[CH2-]CCC.[CH2-]CCC.[Ni+2]. The van der Waals surface area contributed by atoms with Crippen molar-refractivity contribution in [2.24, 2.45) is 0 Å². The maximum Gasteiger partial charge on any atom is 2.00 e. The molecule has 0 radical (unpaired) electrons. The molecule has 2 nitrogen and oxygen atoms in total. The van der Waals surface area contributed by atoms with E-state index >= 15 is 0 Å². The Kier molecular flexibility index (Phi) is 32.0. The molecule has 0 fully saturated rings. The molecule has 308 valence electrons. The molecule has 2 aromatic carbocycles. The van der Waals surface area contributed by atoms with Gasteiger partial charge < -0.3 is 19.4 Å². The molecule has 0 N–H and O–H groups in total. The predicted octanol–water partition coefficient (Wildman–Crippen LogP) is 17.0. The van der Waals surface area contributed by atoms with Crippen molar-refractivity contribution in [2.75, 3.05) is 0 Å². The van der Waals surface area contributed by atoms with Crippen LogP contribution in [0.1, 0.15) is 224 Å². The molecule has 54 heavy (non-hydrogen) atoms. The summed E-state index contributed by atoms with van der Waals surface area (Å²) in [6.07, 6.45) is 29.3. The van der Waals surface area contributed by atoms with Crippen LogP contribution in [-0.2, 0) is 42.2 Å². The number of benzene rings is 2. The molecule has 0 aromatic heterocycles. The quantitative estimate of drug-likeness (QED) is 0.0415. The minimum absolute atomic E-state index is 0.